The van der Waals surface area contributed by atoms with Crippen LogP contribution in [0.5, 0.6) is 0 Å². The summed E-state index contributed by atoms with van der Waals surface area (Å²) in [5.74, 6) is 3.79. The molecule has 86 valence electrons. The Hall–Kier alpha value is -0.820. The number of hydrogen-bond donors (Lipinski definition) is 0. The second-order valence-electron chi connectivity index (χ2n) is 2.38. The molecule has 0 atom stereocenters. The standard InChI is InChI=1S/C9H15O5P/c1-4-7-9(10)12-8-15(11,13-5-2)14-6-3/h5-6,8H2,1-3H3. The van der Waals surface area contributed by atoms with E-state index < -0.39 is 19.9 Å². The molecule has 0 aromatic heterocycles. The van der Waals surface area contributed by atoms with Crippen molar-refractivity contribution in [3.63, 3.8) is 0 Å². The fourth-order valence-corrected chi connectivity index (χ4v) is 2.07. The molecule has 0 amide bonds. The zero-order valence-electron chi connectivity index (χ0n) is 9.11. The van der Waals surface area contributed by atoms with E-state index in [1.165, 1.54) is 6.92 Å². The minimum absolute atomic E-state index is 0.230. The molecule has 0 heterocycles. The number of hydrogen-bond acceptors (Lipinski definition) is 5. The maximum Gasteiger partial charge on any atom is 0.384 e. The molecule has 0 fully saturated rings. The van der Waals surface area contributed by atoms with Crippen LogP contribution in [0.4, 0.5) is 0 Å². The lowest BCUT2D eigenvalue weighted by molar-refractivity contribution is -0.135. The highest BCUT2D eigenvalue weighted by Crippen LogP contribution is 2.47. The Bertz CT molecular complexity index is 291. The average molecular weight is 234 g/mol. The van der Waals surface area contributed by atoms with E-state index in [0.29, 0.717) is 0 Å². The SMILES string of the molecule is CC#CC(=O)OCP(=O)(OCC)OCC. The summed E-state index contributed by atoms with van der Waals surface area (Å²) in [5.41, 5.74) is 0. The second-order valence-corrected chi connectivity index (χ2v) is 4.38. The minimum atomic E-state index is -3.31. The third kappa shape index (κ3) is 6.29. The topological polar surface area (TPSA) is 61.8 Å². The molecule has 0 unspecified atom stereocenters. The van der Waals surface area contributed by atoms with Crippen molar-refractivity contribution in [2.24, 2.45) is 0 Å². The Balaban J connectivity index is 4.22. The first-order valence-corrected chi connectivity index (χ1v) is 6.28. The van der Waals surface area contributed by atoms with Gasteiger partial charge in [0, 0.05) is 5.92 Å². The molecule has 0 aromatic rings. The van der Waals surface area contributed by atoms with Crippen LogP contribution in [0.2, 0.25) is 0 Å². The van der Waals surface area contributed by atoms with Crippen LogP contribution in [0.25, 0.3) is 0 Å². The highest BCUT2D eigenvalue weighted by atomic mass is 31.2. The van der Waals surface area contributed by atoms with Gasteiger partial charge in [0.2, 0.25) is 0 Å². The maximum absolute atomic E-state index is 11.8. The molecule has 0 saturated carbocycles. The number of ether oxygens (including phenoxy) is 1. The van der Waals surface area contributed by atoms with Gasteiger partial charge in [0.25, 0.3) is 0 Å². The third-order valence-corrected chi connectivity index (χ3v) is 2.98. The van der Waals surface area contributed by atoms with Crippen molar-refractivity contribution in [2.45, 2.75) is 20.8 Å². The fraction of sp³-hybridized carbons (Fsp3) is 0.667. The minimum Gasteiger partial charge on any atom is -0.443 e. The summed E-state index contributed by atoms with van der Waals surface area (Å²) in [6.45, 7) is 5.33. The van der Waals surface area contributed by atoms with Crippen LogP contribution in [-0.4, -0.2) is 25.5 Å². The normalized spacial score (nSPS) is 10.3. The van der Waals surface area contributed by atoms with E-state index in [-0.39, 0.29) is 13.2 Å². The van der Waals surface area contributed by atoms with E-state index in [1.807, 2.05) is 0 Å². The molecule has 0 spiro atoms. The van der Waals surface area contributed by atoms with Gasteiger partial charge in [-0.15, -0.1) is 0 Å². The van der Waals surface area contributed by atoms with Crippen molar-refractivity contribution in [3.05, 3.63) is 0 Å². The van der Waals surface area contributed by atoms with Gasteiger partial charge in [-0.1, -0.05) is 5.92 Å². The zero-order valence-corrected chi connectivity index (χ0v) is 10.0. The summed E-state index contributed by atoms with van der Waals surface area (Å²) in [6, 6.07) is 0. The predicted octanol–water partition coefficient (Wildman–Crippen LogP) is 1.78. The Morgan fingerprint density at radius 2 is 1.80 bits per heavy atom. The van der Waals surface area contributed by atoms with E-state index in [1.54, 1.807) is 13.8 Å². The smallest absolute Gasteiger partial charge is 0.384 e. The fourth-order valence-electron chi connectivity index (χ4n) is 0.781. The summed E-state index contributed by atoms with van der Waals surface area (Å²) >= 11 is 0. The molecule has 0 N–H and O–H groups in total. The predicted molar refractivity (Wildman–Crippen MR) is 55.3 cm³/mol. The molecule has 0 aliphatic heterocycles. The number of carbonyl (C=O) groups is 1. The van der Waals surface area contributed by atoms with E-state index in [4.69, 9.17) is 9.05 Å². The molecule has 15 heavy (non-hydrogen) atoms. The summed E-state index contributed by atoms with van der Waals surface area (Å²) in [7, 11) is -3.31. The Kier molecular flexibility index (Phi) is 7.06. The summed E-state index contributed by atoms with van der Waals surface area (Å²) in [5, 5.41) is 0. The molecule has 0 aliphatic carbocycles. The Labute approximate surface area is 89.6 Å². The van der Waals surface area contributed by atoms with Gasteiger partial charge in [-0.3, -0.25) is 4.57 Å². The molecule has 6 heteroatoms. The van der Waals surface area contributed by atoms with Gasteiger partial charge in [-0.05, 0) is 20.8 Å². The monoisotopic (exact) mass is 234 g/mol. The lowest BCUT2D eigenvalue weighted by atomic mass is 10.6. The van der Waals surface area contributed by atoms with Crippen molar-refractivity contribution in [3.8, 4) is 11.8 Å². The van der Waals surface area contributed by atoms with E-state index in [9.17, 15) is 9.36 Å². The molecular weight excluding hydrogens is 219 g/mol. The molecule has 0 radical (unpaired) electrons. The van der Waals surface area contributed by atoms with E-state index >= 15 is 0 Å². The number of rotatable bonds is 6. The highest BCUT2D eigenvalue weighted by Gasteiger charge is 2.25. The van der Waals surface area contributed by atoms with Crippen LogP contribution in [0.1, 0.15) is 20.8 Å². The number of esters is 1. The first kappa shape index (κ1) is 14.2. The van der Waals surface area contributed by atoms with Crippen LogP contribution in [-0.2, 0) is 23.1 Å². The lowest BCUT2D eigenvalue weighted by Gasteiger charge is -2.15. The third-order valence-electron chi connectivity index (χ3n) is 1.23. The van der Waals surface area contributed by atoms with Crippen LogP contribution in [0.3, 0.4) is 0 Å². The van der Waals surface area contributed by atoms with Crippen molar-refractivity contribution < 1.29 is 23.1 Å². The first-order chi connectivity index (χ1) is 7.08. The van der Waals surface area contributed by atoms with Crippen molar-refractivity contribution >= 4 is 13.6 Å². The van der Waals surface area contributed by atoms with Crippen molar-refractivity contribution in [2.75, 3.05) is 19.6 Å². The largest absolute Gasteiger partial charge is 0.443 e. The van der Waals surface area contributed by atoms with Gasteiger partial charge >= 0.3 is 13.6 Å². The maximum atomic E-state index is 11.8. The Morgan fingerprint density at radius 1 is 1.27 bits per heavy atom. The quantitative estimate of drug-likeness (QED) is 0.303. The summed E-state index contributed by atoms with van der Waals surface area (Å²) in [4.78, 5) is 10.9. The van der Waals surface area contributed by atoms with Crippen LogP contribution in [0, 0.1) is 11.8 Å². The lowest BCUT2D eigenvalue weighted by Crippen LogP contribution is -2.07. The van der Waals surface area contributed by atoms with E-state index in [0.717, 1.165) is 0 Å². The van der Waals surface area contributed by atoms with Gasteiger partial charge in [0.15, 0.2) is 6.35 Å². The van der Waals surface area contributed by atoms with E-state index in [2.05, 4.69) is 16.6 Å². The van der Waals surface area contributed by atoms with Crippen LogP contribution < -0.4 is 0 Å². The zero-order chi connectivity index (χ0) is 11.7. The molecule has 0 saturated heterocycles. The molecule has 0 aliphatic rings. The summed E-state index contributed by atoms with van der Waals surface area (Å²) < 4.78 is 26.2. The van der Waals surface area contributed by atoms with Gasteiger partial charge in [0.1, 0.15) is 0 Å². The van der Waals surface area contributed by atoms with Gasteiger partial charge in [0.05, 0.1) is 13.2 Å². The van der Waals surface area contributed by atoms with Crippen molar-refractivity contribution in [1.82, 2.24) is 0 Å². The van der Waals surface area contributed by atoms with Gasteiger partial charge in [-0.25, -0.2) is 4.79 Å². The Morgan fingerprint density at radius 3 is 2.20 bits per heavy atom. The average Bonchev–Trinajstić information content (AvgIpc) is 2.16. The summed E-state index contributed by atoms with van der Waals surface area (Å²) in [6.07, 6.45) is -0.401. The molecule has 0 rings (SSSR count). The first-order valence-electron chi connectivity index (χ1n) is 4.55. The number of carbonyl (C=O) groups excluding carboxylic acids is 1. The van der Waals surface area contributed by atoms with Crippen molar-refractivity contribution in [1.29, 1.82) is 0 Å². The van der Waals surface area contributed by atoms with Crippen LogP contribution >= 0.6 is 7.60 Å². The second kappa shape index (κ2) is 7.47. The highest BCUT2D eigenvalue weighted by molar-refractivity contribution is 7.53. The molecule has 0 bridgehead atoms. The molecule has 0 aromatic carbocycles. The van der Waals surface area contributed by atoms with Crippen LogP contribution in [0.15, 0.2) is 0 Å². The van der Waals surface area contributed by atoms with Gasteiger partial charge in [-0.2, -0.15) is 0 Å². The molecular formula is C9H15O5P. The van der Waals surface area contributed by atoms with Gasteiger partial charge < -0.3 is 13.8 Å². The molecule has 5 nitrogen and oxygen atoms in total.